The maximum absolute atomic E-state index is 11.6. The van der Waals surface area contributed by atoms with E-state index in [2.05, 4.69) is 14.9 Å². The minimum absolute atomic E-state index is 0.217. The maximum Gasteiger partial charge on any atom is 0.360 e. The smallest absolute Gasteiger partial charge is 0.360 e. The number of ether oxygens (including phenoxy) is 1. The van der Waals surface area contributed by atoms with Crippen molar-refractivity contribution in [2.45, 2.75) is 6.92 Å². The van der Waals surface area contributed by atoms with Gasteiger partial charge in [-0.2, -0.15) is 4.98 Å². The lowest BCUT2D eigenvalue weighted by molar-refractivity contribution is 0.0519. The van der Waals surface area contributed by atoms with E-state index in [0.717, 1.165) is 31.3 Å². The van der Waals surface area contributed by atoms with Crippen LogP contribution in [0, 0.1) is 0 Å². The maximum atomic E-state index is 11.6. The predicted molar refractivity (Wildman–Crippen MR) is 79.0 cm³/mol. The topological polar surface area (TPSA) is 71.7 Å². The van der Waals surface area contributed by atoms with Crippen LogP contribution in [0.2, 0.25) is 0 Å². The number of anilines is 2. The SMILES string of the molecule is CCOC(=O)c1coc(N2CCN(c3nccs3)CC2)n1. The Labute approximate surface area is 126 Å². The number of nitrogens with zero attached hydrogens (tertiary/aromatic N) is 4. The molecule has 0 spiro atoms. The summed E-state index contributed by atoms with van der Waals surface area (Å²) in [4.78, 5) is 24.3. The van der Waals surface area contributed by atoms with Gasteiger partial charge in [0.1, 0.15) is 6.26 Å². The molecule has 0 N–H and O–H groups in total. The molecule has 0 saturated carbocycles. The van der Waals surface area contributed by atoms with Crippen LogP contribution in [0.3, 0.4) is 0 Å². The van der Waals surface area contributed by atoms with Crippen LogP contribution in [0.4, 0.5) is 11.1 Å². The lowest BCUT2D eigenvalue weighted by atomic mass is 10.3. The minimum Gasteiger partial charge on any atom is -0.461 e. The molecule has 0 unspecified atom stereocenters. The molecule has 1 aliphatic heterocycles. The van der Waals surface area contributed by atoms with Gasteiger partial charge in [-0.3, -0.25) is 0 Å². The molecule has 112 valence electrons. The number of piperazine rings is 1. The van der Waals surface area contributed by atoms with Gasteiger partial charge in [0.05, 0.1) is 6.61 Å². The van der Waals surface area contributed by atoms with Crippen LogP contribution in [-0.2, 0) is 4.74 Å². The Hall–Kier alpha value is -2.09. The van der Waals surface area contributed by atoms with E-state index in [-0.39, 0.29) is 5.69 Å². The number of thiazole rings is 1. The largest absolute Gasteiger partial charge is 0.461 e. The second-order valence-electron chi connectivity index (χ2n) is 4.52. The monoisotopic (exact) mass is 308 g/mol. The fourth-order valence-electron chi connectivity index (χ4n) is 2.17. The molecule has 0 amide bonds. The Morgan fingerprint density at radius 2 is 2.14 bits per heavy atom. The van der Waals surface area contributed by atoms with Crippen LogP contribution in [0.15, 0.2) is 22.3 Å². The van der Waals surface area contributed by atoms with E-state index in [4.69, 9.17) is 9.15 Å². The minimum atomic E-state index is -0.450. The molecule has 21 heavy (non-hydrogen) atoms. The Morgan fingerprint density at radius 1 is 1.38 bits per heavy atom. The van der Waals surface area contributed by atoms with Gasteiger partial charge in [0.15, 0.2) is 10.8 Å². The highest BCUT2D eigenvalue weighted by Crippen LogP contribution is 2.21. The van der Waals surface area contributed by atoms with Crippen LogP contribution in [0.25, 0.3) is 0 Å². The van der Waals surface area contributed by atoms with E-state index in [1.807, 2.05) is 16.5 Å². The zero-order valence-corrected chi connectivity index (χ0v) is 12.5. The second-order valence-corrected chi connectivity index (χ2v) is 5.40. The molecule has 2 aromatic heterocycles. The van der Waals surface area contributed by atoms with Crippen molar-refractivity contribution < 1.29 is 13.9 Å². The van der Waals surface area contributed by atoms with E-state index in [0.29, 0.717) is 12.6 Å². The number of carbonyl (C=O) groups is 1. The first-order valence-electron chi connectivity index (χ1n) is 6.80. The molecule has 3 rings (SSSR count). The third-order valence-corrected chi connectivity index (χ3v) is 4.05. The van der Waals surface area contributed by atoms with Crippen LogP contribution in [0.1, 0.15) is 17.4 Å². The summed E-state index contributed by atoms with van der Waals surface area (Å²) < 4.78 is 10.3. The summed E-state index contributed by atoms with van der Waals surface area (Å²) in [5.74, 6) is -0.450. The van der Waals surface area contributed by atoms with Crippen molar-refractivity contribution >= 4 is 28.5 Å². The summed E-state index contributed by atoms with van der Waals surface area (Å²) in [5, 5.41) is 3.01. The van der Waals surface area contributed by atoms with E-state index < -0.39 is 5.97 Å². The summed E-state index contributed by atoms with van der Waals surface area (Å²) in [5.41, 5.74) is 0.217. The average Bonchev–Trinajstić information content (AvgIpc) is 3.19. The van der Waals surface area contributed by atoms with E-state index in [1.165, 1.54) is 6.26 Å². The highest BCUT2D eigenvalue weighted by atomic mass is 32.1. The third-order valence-electron chi connectivity index (χ3n) is 3.22. The molecule has 0 radical (unpaired) electrons. The summed E-state index contributed by atoms with van der Waals surface area (Å²) >= 11 is 1.64. The first-order valence-corrected chi connectivity index (χ1v) is 7.68. The molecule has 2 aromatic rings. The Kier molecular flexibility index (Phi) is 4.05. The summed E-state index contributed by atoms with van der Waals surface area (Å²) in [6.45, 7) is 5.35. The quantitative estimate of drug-likeness (QED) is 0.795. The van der Waals surface area contributed by atoms with Gasteiger partial charge in [-0.1, -0.05) is 0 Å². The zero-order valence-electron chi connectivity index (χ0n) is 11.7. The summed E-state index contributed by atoms with van der Waals surface area (Å²) in [7, 11) is 0. The van der Waals surface area contributed by atoms with Gasteiger partial charge in [0, 0.05) is 37.8 Å². The van der Waals surface area contributed by atoms with Crippen molar-refractivity contribution in [3.63, 3.8) is 0 Å². The number of carbonyl (C=O) groups excluding carboxylic acids is 1. The van der Waals surface area contributed by atoms with Crippen molar-refractivity contribution in [3.05, 3.63) is 23.5 Å². The van der Waals surface area contributed by atoms with Crippen LogP contribution < -0.4 is 9.80 Å². The first kappa shape index (κ1) is 13.9. The summed E-state index contributed by atoms with van der Waals surface area (Å²) in [6, 6.07) is 0.469. The van der Waals surface area contributed by atoms with Gasteiger partial charge < -0.3 is 19.0 Å². The number of esters is 1. The van der Waals surface area contributed by atoms with Gasteiger partial charge in [-0.15, -0.1) is 11.3 Å². The molecular weight excluding hydrogens is 292 g/mol. The molecule has 0 aromatic carbocycles. The lowest BCUT2D eigenvalue weighted by Gasteiger charge is -2.33. The van der Waals surface area contributed by atoms with Crippen molar-refractivity contribution in [2.75, 3.05) is 42.6 Å². The molecule has 3 heterocycles. The molecule has 7 nitrogen and oxygen atoms in total. The van der Waals surface area contributed by atoms with E-state index in [9.17, 15) is 4.79 Å². The third kappa shape index (κ3) is 2.99. The van der Waals surface area contributed by atoms with Crippen molar-refractivity contribution in [2.24, 2.45) is 0 Å². The van der Waals surface area contributed by atoms with Gasteiger partial charge in [0.2, 0.25) is 0 Å². The van der Waals surface area contributed by atoms with Gasteiger partial charge >= 0.3 is 5.97 Å². The van der Waals surface area contributed by atoms with Crippen LogP contribution in [-0.4, -0.2) is 48.7 Å². The Balaban J connectivity index is 1.61. The molecule has 0 atom stereocenters. The molecular formula is C13H16N4O3S. The fourth-order valence-corrected chi connectivity index (χ4v) is 2.87. The highest BCUT2D eigenvalue weighted by Gasteiger charge is 2.23. The Morgan fingerprint density at radius 3 is 2.81 bits per heavy atom. The number of hydrogen-bond donors (Lipinski definition) is 0. The highest BCUT2D eigenvalue weighted by molar-refractivity contribution is 7.13. The predicted octanol–water partition coefficient (Wildman–Crippen LogP) is 1.63. The van der Waals surface area contributed by atoms with E-state index in [1.54, 1.807) is 18.3 Å². The Bertz CT molecular complexity index is 590. The van der Waals surface area contributed by atoms with Crippen molar-refractivity contribution in [3.8, 4) is 0 Å². The normalized spacial score (nSPS) is 15.3. The second kappa shape index (κ2) is 6.13. The van der Waals surface area contributed by atoms with Crippen molar-refractivity contribution in [1.29, 1.82) is 0 Å². The molecule has 1 aliphatic rings. The summed E-state index contributed by atoms with van der Waals surface area (Å²) in [6.07, 6.45) is 3.16. The lowest BCUT2D eigenvalue weighted by Crippen LogP contribution is -2.46. The molecule has 8 heteroatoms. The number of oxazole rings is 1. The first-order chi connectivity index (χ1) is 10.3. The standard InChI is InChI=1S/C13H16N4O3S/c1-2-19-11(18)10-9-20-12(15-10)16-4-6-17(7-5-16)13-14-3-8-21-13/h3,8-9H,2,4-7H2,1H3. The van der Waals surface area contributed by atoms with Crippen LogP contribution in [0.5, 0.6) is 0 Å². The molecule has 1 fully saturated rings. The van der Waals surface area contributed by atoms with Gasteiger partial charge in [-0.25, -0.2) is 9.78 Å². The van der Waals surface area contributed by atoms with E-state index >= 15 is 0 Å². The van der Waals surface area contributed by atoms with Crippen molar-refractivity contribution in [1.82, 2.24) is 9.97 Å². The molecule has 0 aliphatic carbocycles. The average molecular weight is 308 g/mol. The molecule has 1 saturated heterocycles. The van der Waals surface area contributed by atoms with Crippen LogP contribution >= 0.6 is 11.3 Å². The molecule has 0 bridgehead atoms. The van der Waals surface area contributed by atoms with Gasteiger partial charge in [-0.05, 0) is 6.92 Å². The number of hydrogen-bond acceptors (Lipinski definition) is 8. The number of aromatic nitrogens is 2. The number of rotatable bonds is 4. The zero-order chi connectivity index (χ0) is 14.7. The van der Waals surface area contributed by atoms with Gasteiger partial charge in [0.25, 0.3) is 6.01 Å². The fraction of sp³-hybridized carbons (Fsp3) is 0.462.